The Bertz CT molecular complexity index is 985. The molecule has 2 aromatic rings. The molecule has 2 saturated carbocycles. The van der Waals surface area contributed by atoms with Crippen molar-refractivity contribution < 1.29 is 31.1 Å². The van der Waals surface area contributed by atoms with Gasteiger partial charge >= 0.3 is 6.36 Å². The maximum atomic E-state index is 14.8. The van der Waals surface area contributed by atoms with Gasteiger partial charge in [-0.1, -0.05) is 45.1 Å². The van der Waals surface area contributed by atoms with Crippen molar-refractivity contribution in [2.45, 2.75) is 83.4 Å². The quantitative estimate of drug-likeness (QED) is 0.301. The minimum absolute atomic E-state index is 0.0824. The van der Waals surface area contributed by atoms with Crippen LogP contribution in [0.1, 0.15) is 82.6 Å². The zero-order valence-corrected chi connectivity index (χ0v) is 18.8. The molecular formula is C26H30F6O. The van der Waals surface area contributed by atoms with Crippen LogP contribution in [0.3, 0.4) is 0 Å². The van der Waals surface area contributed by atoms with E-state index in [0.29, 0.717) is 17.4 Å². The highest BCUT2D eigenvalue weighted by Gasteiger charge is 2.37. The Morgan fingerprint density at radius 1 is 0.879 bits per heavy atom. The van der Waals surface area contributed by atoms with Gasteiger partial charge in [-0.15, -0.1) is 13.2 Å². The number of fused-ring (bicyclic) bond motifs is 2. The van der Waals surface area contributed by atoms with Crippen LogP contribution >= 0.6 is 0 Å². The average molecular weight is 473 g/mol. The van der Waals surface area contributed by atoms with Crippen molar-refractivity contribution >= 4 is 10.8 Å². The first-order chi connectivity index (χ1) is 15.7. The Morgan fingerprint density at radius 2 is 1.61 bits per heavy atom. The molecule has 7 heteroatoms. The summed E-state index contributed by atoms with van der Waals surface area (Å²) in [6.45, 7) is 2.21. The van der Waals surface area contributed by atoms with Crippen molar-refractivity contribution in [3.63, 3.8) is 0 Å². The Hall–Kier alpha value is -1.92. The van der Waals surface area contributed by atoms with Gasteiger partial charge in [-0.05, 0) is 78.9 Å². The number of benzene rings is 2. The van der Waals surface area contributed by atoms with Crippen molar-refractivity contribution in [2.75, 3.05) is 0 Å². The topological polar surface area (TPSA) is 9.23 Å². The van der Waals surface area contributed by atoms with Crippen LogP contribution in [0, 0.1) is 35.2 Å². The SMILES string of the molecule is CCCCCC1CCC2CC(c3cc(F)c4c(F)c(OC(F)(F)F)c(F)cc4c3)CCC2C1. The number of hydrogen-bond donors (Lipinski definition) is 0. The van der Waals surface area contributed by atoms with Gasteiger partial charge < -0.3 is 4.74 Å². The summed E-state index contributed by atoms with van der Waals surface area (Å²) in [7, 11) is 0. The third-order valence-corrected chi connectivity index (χ3v) is 7.69. The monoisotopic (exact) mass is 472 g/mol. The van der Waals surface area contributed by atoms with Gasteiger partial charge in [0.05, 0.1) is 5.39 Å². The molecule has 182 valence electrons. The van der Waals surface area contributed by atoms with Gasteiger partial charge in [-0.3, -0.25) is 0 Å². The molecule has 0 aromatic heterocycles. The molecule has 0 N–H and O–H groups in total. The number of unbranched alkanes of at least 4 members (excludes halogenated alkanes) is 2. The number of ether oxygens (including phenoxy) is 1. The van der Waals surface area contributed by atoms with E-state index in [1.165, 1.54) is 50.7 Å². The van der Waals surface area contributed by atoms with E-state index >= 15 is 0 Å². The van der Waals surface area contributed by atoms with Crippen molar-refractivity contribution in [1.29, 1.82) is 0 Å². The first kappa shape index (κ1) is 24.2. The molecule has 33 heavy (non-hydrogen) atoms. The third-order valence-electron chi connectivity index (χ3n) is 7.69. The van der Waals surface area contributed by atoms with Crippen LogP contribution in [0.5, 0.6) is 5.75 Å². The molecule has 0 bridgehead atoms. The van der Waals surface area contributed by atoms with E-state index in [1.54, 1.807) is 0 Å². The van der Waals surface area contributed by atoms with E-state index in [4.69, 9.17) is 0 Å². The minimum Gasteiger partial charge on any atom is -0.399 e. The van der Waals surface area contributed by atoms with E-state index in [9.17, 15) is 26.3 Å². The second-order valence-corrected chi connectivity index (χ2v) is 9.86. The molecule has 0 heterocycles. The molecule has 0 saturated heterocycles. The fourth-order valence-corrected chi connectivity index (χ4v) is 6.09. The van der Waals surface area contributed by atoms with Gasteiger partial charge in [0.15, 0.2) is 11.6 Å². The predicted molar refractivity (Wildman–Crippen MR) is 116 cm³/mol. The fourth-order valence-electron chi connectivity index (χ4n) is 6.09. The maximum absolute atomic E-state index is 14.8. The van der Waals surface area contributed by atoms with E-state index in [1.807, 2.05) is 0 Å². The summed E-state index contributed by atoms with van der Waals surface area (Å²) < 4.78 is 84.5. The highest BCUT2D eigenvalue weighted by molar-refractivity contribution is 5.86. The van der Waals surface area contributed by atoms with Gasteiger partial charge in [-0.2, -0.15) is 0 Å². The van der Waals surface area contributed by atoms with Gasteiger partial charge in [-0.25, -0.2) is 13.2 Å². The molecule has 2 aliphatic rings. The lowest BCUT2D eigenvalue weighted by Gasteiger charge is -2.42. The van der Waals surface area contributed by atoms with Crippen molar-refractivity contribution in [1.82, 2.24) is 0 Å². The molecule has 0 aliphatic heterocycles. The second kappa shape index (κ2) is 9.75. The van der Waals surface area contributed by atoms with Gasteiger partial charge in [0.1, 0.15) is 5.82 Å². The van der Waals surface area contributed by atoms with Crippen LogP contribution < -0.4 is 4.74 Å². The average Bonchev–Trinajstić information content (AvgIpc) is 2.75. The van der Waals surface area contributed by atoms with Gasteiger partial charge in [0.25, 0.3) is 0 Å². The number of rotatable bonds is 6. The van der Waals surface area contributed by atoms with Crippen molar-refractivity contribution in [3.05, 3.63) is 41.2 Å². The molecule has 0 spiro atoms. The summed E-state index contributed by atoms with van der Waals surface area (Å²) in [5.74, 6) is -3.66. The van der Waals surface area contributed by atoms with Crippen LogP contribution in [0.15, 0.2) is 18.2 Å². The van der Waals surface area contributed by atoms with E-state index in [0.717, 1.165) is 37.7 Å². The molecular weight excluding hydrogens is 442 g/mol. The summed E-state index contributed by atoms with van der Waals surface area (Å²) in [6.07, 6.45) is 6.32. The van der Waals surface area contributed by atoms with Crippen LogP contribution in [0.2, 0.25) is 0 Å². The van der Waals surface area contributed by atoms with Gasteiger partial charge in [0.2, 0.25) is 5.75 Å². The lowest BCUT2D eigenvalue weighted by Crippen LogP contribution is -2.30. The van der Waals surface area contributed by atoms with E-state index in [2.05, 4.69) is 11.7 Å². The third kappa shape index (κ3) is 5.43. The molecule has 2 fully saturated rings. The number of hydrogen-bond acceptors (Lipinski definition) is 1. The van der Waals surface area contributed by atoms with Crippen molar-refractivity contribution in [3.8, 4) is 5.75 Å². The molecule has 4 rings (SSSR count). The smallest absolute Gasteiger partial charge is 0.399 e. The van der Waals surface area contributed by atoms with Crippen LogP contribution in [-0.2, 0) is 0 Å². The molecule has 0 amide bonds. The Morgan fingerprint density at radius 3 is 2.33 bits per heavy atom. The summed E-state index contributed by atoms with van der Waals surface area (Å²) >= 11 is 0. The fraction of sp³-hybridized carbons (Fsp3) is 0.615. The molecule has 2 aromatic carbocycles. The lowest BCUT2D eigenvalue weighted by molar-refractivity contribution is -0.276. The standard InChI is InChI=1S/C26H30F6O/c1-2-3-4-5-15-6-7-17-11-18(9-8-16(17)10-15)19-12-20-14-22(28)25(33-26(30,31)32)24(29)23(20)21(27)13-19/h12-18H,2-11H2,1H3. The van der Waals surface area contributed by atoms with E-state index in [-0.39, 0.29) is 11.3 Å². The largest absolute Gasteiger partial charge is 0.573 e. The molecule has 1 nitrogen and oxygen atoms in total. The van der Waals surface area contributed by atoms with Crippen LogP contribution in [0.4, 0.5) is 26.3 Å². The Labute approximate surface area is 190 Å². The van der Waals surface area contributed by atoms with Crippen LogP contribution in [-0.4, -0.2) is 6.36 Å². The first-order valence-electron chi connectivity index (χ1n) is 12.0. The normalized spacial score (nSPS) is 25.8. The molecule has 4 atom stereocenters. The lowest BCUT2D eigenvalue weighted by atomic mass is 9.63. The number of alkyl halides is 3. The zero-order chi connectivity index (χ0) is 23.8. The Balaban J connectivity index is 1.51. The molecule has 0 radical (unpaired) electrons. The summed E-state index contributed by atoms with van der Waals surface area (Å²) in [5, 5.41) is -0.767. The molecule has 4 unspecified atom stereocenters. The highest BCUT2D eigenvalue weighted by atomic mass is 19.4. The van der Waals surface area contributed by atoms with Crippen LogP contribution in [0.25, 0.3) is 10.8 Å². The molecule has 2 aliphatic carbocycles. The second-order valence-electron chi connectivity index (χ2n) is 9.86. The summed E-state index contributed by atoms with van der Waals surface area (Å²) in [4.78, 5) is 0. The highest BCUT2D eigenvalue weighted by Crippen LogP contribution is 2.49. The zero-order valence-electron chi connectivity index (χ0n) is 18.8. The number of halogens is 6. The van der Waals surface area contributed by atoms with E-state index < -0.39 is 34.9 Å². The van der Waals surface area contributed by atoms with Gasteiger partial charge in [0, 0.05) is 0 Å². The first-order valence-corrected chi connectivity index (χ1v) is 12.0. The summed E-state index contributed by atoms with van der Waals surface area (Å²) in [5.41, 5.74) is 0.659. The van der Waals surface area contributed by atoms with Crippen molar-refractivity contribution in [2.24, 2.45) is 17.8 Å². The summed E-state index contributed by atoms with van der Waals surface area (Å²) in [6, 6.07) is 3.44. The Kier molecular flexibility index (Phi) is 7.15. The minimum atomic E-state index is -5.28. The predicted octanol–water partition coefficient (Wildman–Crippen LogP) is 9.04. The maximum Gasteiger partial charge on any atom is 0.573 e.